The lowest BCUT2D eigenvalue weighted by Gasteiger charge is -2.11. The van der Waals surface area contributed by atoms with Gasteiger partial charge in [-0.15, -0.1) is 0 Å². The summed E-state index contributed by atoms with van der Waals surface area (Å²) in [6.07, 6.45) is 0. The molecule has 1 aromatic carbocycles. The highest BCUT2D eigenvalue weighted by atomic mass is 79.9. The monoisotopic (exact) mass is 268 g/mol. The molecule has 0 amide bonds. The highest BCUT2D eigenvalue weighted by Crippen LogP contribution is 2.21. The molecule has 0 heterocycles. The maximum atomic E-state index is 3.39. The number of halogens is 1. The molecule has 0 atom stereocenters. The molecule has 0 fully saturated rings. The second kappa shape index (κ2) is 4.91. The summed E-state index contributed by atoms with van der Waals surface area (Å²) in [6.45, 7) is 6.48. The molecule has 0 spiro atoms. The third-order valence-electron chi connectivity index (χ3n) is 1.40. The van der Waals surface area contributed by atoms with E-state index >= 15 is 0 Å². The lowest BCUT2D eigenvalue weighted by atomic mass is 10.2. The fourth-order valence-electron chi connectivity index (χ4n) is 0.771. The van der Waals surface area contributed by atoms with Crippen LogP contribution >= 0.6 is 27.7 Å². The van der Waals surface area contributed by atoms with Crippen LogP contribution in [0.15, 0.2) is 28.7 Å². The van der Waals surface area contributed by atoms with E-state index < -0.39 is 0 Å². The summed E-state index contributed by atoms with van der Waals surface area (Å²) < 4.78 is 1.30. The molecular formula is C12H13BrS. The minimum atomic E-state index is 0.211. The maximum absolute atomic E-state index is 3.39. The van der Waals surface area contributed by atoms with Crippen molar-refractivity contribution in [3.8, 4) is 11.2 Å². The van der Waals surface area contributed by atoms with Crippen LogP contribution in [0, 0.1) is 11.2 Å². The Morgan fingerprint density at radius 1 is 1.14 bits per heavy atom. The predicted octanol–water partition coefficient (Wildman–Crippen LogP) is 4.29. The lowest BCUT2D eigenvalue weighted by molar-refractivity contribution is 0.808. The first-order valence-electron chi connectivity index (χ1n) is 4.42. The Morgan fingerprint density at radius 2 is 1.71 bits per heavy atom. The molecule has 0 N–H and O–H groups in total. The molecule has 0 bridgehead atoms. The Labute approximate surface area is 98.6 Å². The average Bonchev–Trinajstić information content (AvgIpc) is 2.06. The van der Waals surface area contributed by atoms with Crippen molar-refractivity contribution < 1.29 is 0 Å². The van der Waals surface area contributed by atoms with Crippen LogP contribution in [0.2, 0.25) is 0 Å². The minimum absolute atomic E-state index is 0.211. The van der Waals surface area contributed by atoms with E-state index in [9.17, 15) is 0 Å². The van der Waals surface area contributed by atoms with E-state index in [0.29, 0.717) is 0 Å². The Bertz CT molecular complexity index is 349. The second-order valence-electron chi connectivity index (χ2n) is 3.95. The molecule has 0 unspecified atom stereocenters. The van der Waals surface area contributed by atoms with Crippen molar-refractivity contribution in [2.24, 2.45) is 0 Å². The van der Waals surface area contributed by atoms with Gasteiger partial charge in [0.05, 0.1) is 0 Å². The van der Waals surface area contributed by atoms with E-state index in [2.05, 4.69) is 47.9 Å². The number of hydrogen-bond donors (Lipinski definition) is 0. The second-order valence-corrected chi connectivity index (χ2v) is 6.50. The Morgan fingerprint density at radius 3 is 2.21 bits per heavy atom. The molecule has 1 rings (SSSR count). The van der Waals surface area contributed by atoms with Crippen molar-refractivity contribution in [3.05, 3.63) is 34.3 Å². The molecule has 0 aromatic heterocycles. The van der Waals surface area contributed by atoms with Crippen molar-refractivity contribution >= 4 is 27.7 Å². The summed E-state index contributed by atoms with van der Waals surface area (Å²) in [5.41, 5.74) is 1.06. The van der Waals surface area contributed by atoms with Gasteiger partial charge in [-0.25, -0.2) is 0 Å². The van der Waals surface area contributed by atoms with E-state index in [1.165, 1.54) is 0 Å². The standard InChI is InChI=1S/C12H13BrS/c1-12(2,3)14-9-8-10-4-6-11(13)7-5-10/h4-7H,1-3H3. The third kappa shape index (κ3) is 4.74. The summed E-state index contributed by atoms with van der Waals surface area (Å²) >= 11 is 5.05. The van der Waals surface area contributed by atoms with Crippen molar-refractivity contribution in [1.82, 2.24) is 0 Å². The van der Waals surface area contributed by atoms with E-state index in [0.717, 1.165) is 10.0 Å². The molecule has 0 aliphatic heterocycles. The number of rotatable bonds is 0. The van der Waals surface area contributed by atoms with Crippen LogP contribution in [0.25, 0.3) is 0 Å². The van der Waals surface area contributed by atoms with Gasteiger partial charge in [-0.2, -0.15) is 0 Å². The van der Waals surface area contributed by atoms with Crippen molar-refractivity contribution in [2.75, 3.05) is 0 Å². The fourth-order valence-corrected chi connectivity index (χ4v) is 1.51. The predicted molar refractivity (Wildman–Crippen MR) is 68.4 cm³/mol. The van der Waals surface area contributed by atoms with E-state index in [-0.39, 0.29) is 4.75 Å². The summed E-state index contributed by atoms with van der Waals surface area (Å²) in [4.78, 5) is 0. The maximum Gasteiger partial charge on any atom is 0.0255 e. The molecule has 0 aliphatic carbocycles. The molecule has 14 heavy (non-hydrogen) atoms. The van der Waals surface area contributed by atoms with Crippen LogP contribution < -0.4 is 0 Å². The number of thioether (sulfide) groups is 1. The fraction of sp³-hybridized carbons (Fsp3) is 0.333. The van der Waals surface area contributed by atoms with Gasteiger partial charge >= 0.3 is 0 Å². The average molecular weight is 269 g/mol. The smallest absolute Gasteiger partial charge is 0.0255 e. The first kappa shape index (κ1) is 11.7. The number of hydrogen-bond acceptors (Lipinski definition) is 1. The summed E-state index contributed by atoms with van der Waals surface area (Å²) in [6, 6.07) is 8.04. The van der Waals surface area contributed by atoms with Gasteiger partial charge in [-0.05, 0) is 29.5 Å². The van der Waals surface area contributed by atoms with E-state index in [1.807, 2.05) is 24.3 Å². The topological polar surface area (TPSA) is 0 Å². The normalized spacial score (nSPS) is 10.6. The molecule has 0 radical (unpaired) electrons. The van der Waals surface area contributed by atoms with Gasteiger partial charge in [0.25, 0.3) is 0 Å². The third-order valence-corrected chi connectivity index (χ3v) is 2.74. The SMILES string of the molecule is CC(C)(C)SC#Cc1ccc(Br)cc1. The van der Waals surface area contributed by atoms with Gasteiger partial charge in [0.2, 0.25) is 0 Å². The van der Waals surface area contributed by atoms with Gasteiger partial charge in [-0.3, -0.25) is 0 Å². The van der Waals surface area contributed by atoms with Crippen LogP contribution in [0.4, 0.5) is 0 Å². The molecule has 2 heteroatoms. The molecule has 0 nitrogen and oxygen atoms in total. The molecular weight excluding hydrogens is 256 g/mol. The summed E-state index contributed by atoms with van der Waals surface area (Å²) in [5.74, 6) is 3.12. The molecule has 0 saturated carbocycles. The zero-order valence-electron chi connectivity index (χ0n) is 8.60. The number of benzene rings is 1. The zero-order valence-corrected chi connectivity index (χ0v) is 11.0. The van der Waals surface area contributed by atoms with Gasteiger partial charge in [-0.1, -0.05) is 54.4 Å². The zero-order chi connectivity index (χ0) is 10.6. The van der Waals surface area contributed by atoms with E-state index in [1.54, 1.807) is 11.8 Å². The highest BCUT2D eigenvalue weighted by molar-refractivity contribution is 9.10. The van der Waals surface area contributed by atoms with E-state index in [4.69, 9.17) is 0 Å². The summed E-state index contributed by atoms with van der Waals surface area (Å²) in [5, 5.41) is 3.11. The first-order valence-corrected chi connectivity index (χ1v) is 6.03. The van der Waals surface area contributed by atoms with Gasteiger partial charge in [0.1, 0.15) is 0 Å². The highest BCUT2D eigenvalue weighted by Gasteiger charge is 2.07. The first-order chi connectivity index (χ1) is 6.47. The van der Waals surface area contributed by atoms with Crippen LogP contribution in [-0.2, 0) is 0 Å². The lowest BCUT2D eigenvalue weighted by Crippen LogP contribution is -2.04. The Hall–Kier alpha value is -0.390. The van der Waals surface area contributed by atoms with Gasteiger partial charge in [0, 0.05) is 14.8 Å². The Balaban J connectivity index is 2.64. The largest absolute Gasteiger partial charge is 0.0687 e. The molecule has 1 aromatic rings. The quantitative estimate of drug-likeness (QED) is 0.633. The van der Waals surface area contributed by atoms with Crippen LogP contribution in [-0.4, -0.2) is 4.75 Å². The molecule has 0 saturated heterocycles. The van der Waals surface area contributed by atoms with Crippen molar-refractivity contribution in [3.63, 3.8) is 0 Å². The Kier molecular flexibility index (Phi) is 4.10. The van der Waals surface area contributed by atoms with Crippen molar-refractivity contribution in [1.29, 1.82) is 0 Å². The van der Waals surface area contributed by atoms with Gasteiger partial charge < -0.3 is 0 Å². The van der Waals surface area contributed by atoms with Crippen molar-refractivity contribution in [2.45, 2.75) is 25.5 Å². The van der Waals surface area contributed by atoms with Crippen LogP contribution in [0.5, 0.6) is 0 Å². The minimum Gasteiger partial charge on any atom is -0.0687 e. The summed E-state index contributed by atoms with van der Waals surface area (Å²) in [7, 11) is 0. The molecule has 74 valence electrons. The molecule has 0 aliphatic rings. The van der Waals surface area contributed by atoms with Crippen LogP contribution in [0.1, 0.15) is 26.3 Å². The van der Waals surface area contributed by atoms with Crippen LogP contribution in [0.3, 0.4) is 0 Å². The van der Waals surface area contributed by atoms with Gasteiger partial charge in [0.15, 0.2) is 0 Å².